The third kappa shape index (κ3) is 4.26. The van der Waals surface area contributed by atoms with Crippen molar-refractivity contribution in [2.24, 2.45) is 0 Å². The fourth-order valence-electron chi connectivity index (χ4n) is 3.45. The second-order valence-corrected chi connectivity index (χ2v) is 7.47. The Morgan fingerprint density at radius 3 is 2.69 bits per heavy atom. The molecule has 1 saturated carbocycles. The number of fused-ring (bicyclic) bond motifs is 1. The molecule has 0 radical (unpaired) electrons. The minimum absolute atomic E-state index is 0.108. The highest BCUT2D eigenvalue weighted by Crippen LogP contribution is 2.28. The first-order valence-electron chi connectivity index (χ1n) is 9.97. The maximum absolute atomic E-state index is 13.0. The van der Waals surface area contributed by atoms with Crippen molar-refractivity contribution in [3.8, 4) is 0 Å². The average molecular weight is 391 g/mol. The number of furan rings is 1. The molecule has 150 valence electrons. The molecular weight excluding hydrogens is 366 g/mol. The molecule has 0 aliphatic heterocycles. The van der Waals surface area contributed by atoms with Gasteiger partial charge in [0, 0.05) is 48.3 Å². The summed E-state index contributed by atoms with van der Waals surface area (Å²) in [6.45, 7) is 2.50. The van der Waals surface area contributed by atoms with Crippen molar-refractivity contribution in [3.05, 3.63) is 65.4 Å². The fraction of sp³-hybridized carbons (Fsp3) is 0.304. The molecule has 0 unspecified atom stereocenters. The van der Waals surface area contributed by atoms with Crippen LogP contribution in [0.5, 0.6) is 0 Å². The molecule has 1 aliphatic carbocycles. The van der Waals surface area contributed by atoms with E-state index in [-0.39, 0.29) is 18.0 Å². The molecule has 1 fully saturated rings. The summed E-state index contributed by atoms with van der Waals surface area (Å²) in [7, 11) is 1.78. The SMILES string of the molecule is CCc1oc2ccccc2c1CN(C)C(=O)c1cccc(NC(=O)NC2CC2)c1. The Morgan fingerprint density at radius 1 is 1.14 bits per heavy atom. The van der Waals surface area contributed by atoms with Gasteiger partial charge in [0.25, 0.3) is 5.91 Å². The third-order valence-electron chi connectivity index (χ3n) is 5.12. The molecule has 0 saturated heterocycles. The first-order valence-corrected chi connectivity index (χ1v) is 9.97. The van der Waals surface area contributed by atoms with E-state index < -0.39 is 0 Å². The van der Waals surface area contributed by atoms with Crippen LogP contribution in [0.15, 0.2) is 52.9 Å². The van der Waals surface area contributed by atoms with Crippen LogP contribution in [0.2, 0.25) is 0 Å². The van der Waals surface area contributed by atoms with Gasteiger partial charge in [-0.3, -0.25) is 4.79 Å². The summed E-state index contributed by atoms with van der Waals surface area (Å²) in [6, 6.07) is 15.0. The van der Waals surface area contributed by atoms with Crippen LogP contribution in [-0.2, 0) is 13.0 Å². The smallest absolute Gasteiger partial charge is 0.319 e. The molecule has 0 bridgehead atoms. The number of hydrogen-bond donors (Lipinski definition) is 2. The summed E-state index contributed by atoms with van der Waals surface area (Å²) < 4.78 is 5.94. The zero-order valence-corrected chi connectivity index (χ0v) is 16.7. The summed E-state index contributed by atoms with van der Waals surface area (Å²) >= 11 is 0. The minimum atomic E-state index is -0.233. The maximum atomic E-state index is 13.0. The maximum Gasteiger partial charge on any atom is 0.319 e. The van der Waals surface area contributed by atoms with E-state index in [0.717, 1.165) is 41.6 Å². The van der Waals surface area contributed by atoms with E-state index in [0.29, 0.717) is 17.8 Å². The van der Waals surface area contributed by atoms with Crippen LogP contribution in [0, 0.1) is 0 Å². The largest absolute Gasteiger partial charge is 0.461 e. The second-order valence-electron chi connectivity index (χ2n) is 7.47. The Balaban J connectivity index is 1.49. The summed E-state index contributed by atoms with van der Waals surface area (Å²) in [5.41, 5.74) is 3.01. The molecule has 6 nitrogen and oxygen atoms in total. The van der Waals surface area contributed by atoms with Gasteiger partial charge < -0.3 is 20.0 Å². The molecule has 6 heteroatoms. The molecule has 0 spiro atoms. The van der Waals surface area contributed by atoms with Crippen molar-refractivity contribution in [2.45, 2.75) is 38.8 Å². The van der Waals surface area contributed by atoms with Crippen molar-refractivity contribution in [1.82, 2.24) is 10.2 Å². The van der Waals surface area contributed by atoms with E-state index in [1.807, 2.05) is 31.2 Å². The molecule has 1 aromatic heterocycles. The quantitative estimate of drug-likeness (QED) is 0.647. The zero-order valence-electron chi connectivity index (χ0n) is 16.7. The summed E-state index contributed by atoms with van der Waals surface area (Å²) in [5.74, 6) is 0.793. The van der Waals surface area contributed by atoms with Crippen LogP contribution in [0.4, 0.5) is 10.5 Å². The Labute approximate surface area is 169 Å². The Hall–Kier alpha value is -3.28. The van der Waals surface area contributed by atoms with Crippen LogP contribution < -0.4 is 10.6 Å². The van der Waals surface area contributed by atoms with Gasteiger partial charge in [-0.15, -0.1) is 0 Å². The van der Waals surface area contributed by atoms with E-state index in [4.69, 9.17) is 4.42 Å². The number of para-hydroxylation sites is 1. The Kier molecular flexibility index (Phi) is 5.25. The molecule has 4 rings (SSSR count). The molecule has 1 heterocycles. The molecule has 3 aromatic rings. The molecule has 1 aliphatic rings. The van der Waals surface area contributed by atoms with E-state index >= 15 is 0 Å². The van der Waals surface area contributed by atoms with Crippen molar-refractivity contribution >= 4 is 28.6 Å². The lowest BCUT2D eigenvalue weighted by molar-refractivity contribution is 0.0785. The summed E-state index contributed by atoms with van der Waals surface area (Å²) in [5, 5.41) is 6.72. The Morgan fingerprint density at radius 2 is 1.93 bits per heavy atom. The van der Waals surface area contributed by atoms with Crippen LogP contribution in [0.1, 0.15) is 41.4 Å². The van der Waals surface area contributed by atoms with Crippen molar-refractivity contribution in [2.75, 3.05) is 12.4 Å². The number of carbonyl (C=O) groups excluding carboxylic acids is 2. The lowest BCUT2D eigenvalue weighted by Crippen LogP contribution is -2.30. The molecule has 0 atom stereocenters. The highest BCUT2D eigenvalue weighted by molar-refractivity contribution is 5.97. The van der Waals surface area contributed by atoms with Gasteiger partial charge in [-0.2, -0.15) is 0 Å². The van der Waals surface area contributed by atoms with Gasteiger partial charge in [-0.1, -0.05) is 31.2 Å². The van der Waals surface area contributed by atoms with E-state index in [9.17, 15) is 9.59 Å². The van der Waals surface area contributed by atoms with Gasteiger partial charge in [0.05, 0.1) is 0 Å². The average Bonchev–Trinajstić information content (AvgIpc) is 3.47. The highest BCUT2D eigenvalue weighted by atomic mass is 16.3. The first kappa shape index (κ1) is 19.1. The van der Waals surface area contributed by atoms with Gasteiger partial charge >= 0.3 is 6.03 Å². The van der Waals surface area contributed by atoms with E-state index in [2.05, 4.69) is 10.6 Å². The second kappa shape index (κ2) is 7.99. The van der Waals surface area contributed by atoms with Crippen LogP contribution in [0.25, 0.3) is 11.0 Å². The van der Waals surface area contributed by atoms with Gasteiger partial charge in [-0.05, 0) is 37.1 Å². The monoisotopic (exact) mass is 391 g/mol. The molecular formula is C23H25N3O3. The number of amides is 3. The topological polar surface area (TPSA) is 74.6 Å². The predicted molar refractivity (Wildman–Crippen MR) is 113 cm³/mol. The molecule has 29 heavy (non-hydrogen) atoms. The number of aryl methyl sites for hydroxylation is 1. The number of nitrogens with one attached hydrogen (secondary N) is 2. The highest BCUT2D eigenvalue weighted by Gasteiger charge is 2.23. The van der Waals surface area contributed by atoms with Gasteiger partial charge in [-0.25, -0.2) is 4.79 Å². The van der Waals surface area contributed by atoms with E-state index in [1.165, 1.54) is 0 Å². The van der Waals surface area contributed by atoms with Gasteiger partial charge in [0.1, 0.15) is 11.3 Å². The first-order chi connectivity index (χ1) is 14.0. The van der Waals surface area contributed by atoms with Crippen LogP contribution in [0.3, 0.4) is 0 Å². The van der Waals surface area contributed by atoms with Crippen molar-refractivity contribution in [3.63, 3.8) is 0 Å². The van der Waals surface area contributed by atoms with Crippen molar-refractivity contribution in [1.29, 1.82) is 0 Å². The lowest BCUT2D eigenvalue weighted by Gasteiger charge is -2.18. The fourth-order valence-corrected chi connectivity index (χ4v) is 3.45. The van der Waals surface area contributed by atoms with Gasteiger partial charge in [0.15, 0.2) is 0 Å². The number of hydrogen-bond acceptors (Lipinski definition) is 3. The van der Waals surface area contributed by atoms with Crippen LogP contribution in [-0.4, -0.2) is 29.9 Å². The number of urea groups is 1. The van der Waals surface area contributed by atoms with E-state index in [1.54, 1.807) is 36.2 Å². The number of rotatable bonds is 6. The normalized spacial score (nSPS) is 13.3. The van der Waals surface area contributed by atoms with Gasteiger partial charge in [0.2, 0.25) is 0 Å². The summed E-state index contributed by atoms with van der Waals surface area (Å²) in [6.07, 6.45) is 2.82. The van der Waals surface area contributed by atoms with Crippen LogP contribution >= 0.6 is 0 Å². The lowest BCUT2D eigenvalue weighted by atomic mass is 10.1. The van der Waals surface area contributed by atoms with Crippen molar-refractivity contribution < 1.29 is 14.0 Å². The molecule has 2 aromatic carbocycles. The molecule has 2 N–H and O–H groups in total. The Bertz CT molecular complexity index is 1050. The third-order valence-corrected chi connectivity index (χ3v) is 5.12. The number of carbonyl (C=O) groups is 2. The number of anilines is 1. The zero-order chi connectivity index (χ0) is 20.4. The number of benzene rings is 2. The number of nitrogens with zero attached hydrogens (tertiary/aromatic N) is 1. The minimum Gasteiger partial charge on any atom is -0.461 e. The molecule has 3 amide bonds. The standard InChI is InChI=1S/C23H25N3O3/c1-3-20-19(18-9-4-5-10-21(18)29-20)14-26(2)22(27)15-7-6-8-17(13-15)25-23(28)24-16-11-12-16/h4-10,13,16H,3,11-12,14H2,1-2H3,(H2,24,25,28). The predicted octanol–water partition coefficient (Wildman–Crippen LogP) is 4.55. The summed E-state index contributed by atoms with van der Waals surface area (Å²) in [4.78, 5) is 26.6.